The van der Waals surface area contributed by atoms with Gasteiger partial charge in [-0.05, 0) is 36.6 Å². The van der Waals surface area contributed by atoms with E-state index < -0.39 is 47.8 Å². The number of alkyl carbamates (subject to hydrolysis) is 1. The van der Waals surface area contributed by atoms with Gasteiger partial charge in [0.25, 0.3) is 0 Å². The number of cyclic esters (lactones) is 1. The number of amides is 2. The van der Waals surface area contributed by atoms with Crippen LogP contribution in [0.4, 0.5) is 31.1 Å². The smallest absolute Gasteiger partial charge is 0.416 e. The molecule has 2 aliphatic heterocycles. The lowest BCUT2D eigenvalue weighted by molar-refractivity contribution is -0.156. The predicted molar refractivity (Wildman–Crippen MR) is 91.5 cm³/mol. The summed E-state index contributed by atoms with van der Waals surface area (Å²) in [5, 5.41) is 2.69. The van der Waals surface area contributed by atoms with Crippen molar-refractivity contribution in [2.75, 3.05) is 19.7 Å². The Morgan fingerprint density at radius 2 is 1.68 bits per heavy atom. The summed E-state index contributed by atoms with van der Waals surface area (Å²) in [6, 6.07) is 1.32. The molecule has 1 aromatic carbocycles. The van der Waals surface area contributed by atoms with E-state index in [1.54, 1.807) is 0 Å². The second-order valence-corrected chi connectivity index (χ2v) is 8.18. The van der Waals surface area contributed by atoms with Crippen LogP contribution in [0, 0.1) is 5.92 Å². The molecule has 4 rings (SSSR count). The summed E-state index contributed by atoms with van der Waals surface area (Å²) in [5.74, 6) is -0.384. The third-order valence-electron chi connectivity index (χ3n) is 5.76. The van der Waals surface area contributed by atoms with Crippen molar-refractivity contribution in [3.05, 3.63) is 34.9 Å². The molecule has 31 heavy (non-hydrogen) atoms. The third-order valence-corrected chi connectivity index (χ3v) is 5.76. The van der Waals surface area contributed by atoms with E-state index in [2.05, 4.69) is 5.32 Å². The Kier molecular flexibility index (Phi) is 5.10. The minimum absolute atomic E-state index is 0.0659. The lowest BCUT2D eigenvalue weighted by atomic mass is 9.68. The van der Waals surface area contributed by atoms with Crippen LogP contribution in [0.5, 0.6) is 0 Å². The molecule has 0 aromatic heterocycles. The van der Waals surface area contributed by atoms with E-state index in [4.69, 9.17) is 9.47 Å². The second-order valence-electron chi connectivity index (χ2n) is 8.18. The molecule has 2 heterocycles. The SMILES string of the molecule is O=C1N[C@]2(CO1)C[C@H](C(=O)N1CC(OCc3cc(C(F)(F)F)cc(C(F)(F)F)c3)C1)C2. The van der Waals surface area contributed by atoms with Gasteiger partial charge in [0.15, 0.2) is 0 Å². The zero-order valence-corrected chi connectivity index (χ0v) is 16.0. The molecular formula is C19H18F6N2O4. The molecule has 2 saturated heterocycles. The molecule has 3 aliphatic rings. The van der Waals surface area contributed by atoms with Crippen molar-refractivity contribution < 1.29 is 45.4 Å². The van der Waals surface area contributed by atoms with E-state index in [0.29, 0.717) is 25.0 Å². The maximum absolute atomic E-state index is 12.9. The van der Waals surface area contributed by atoms with E-state index in [0.717, 1.165) is 0 Å². The van der Waals surface area contributed by atoms with Gasteiger partial charge in [-0.25, -0.2) is 4.79 Å². The highest BCUT2D eigenvalue weighted by Gasteiger charge is 2.54. The number of ether oxygens (including phenoxy) is 2. The number of halogens is 6. The third kappa shape index (κ3) is 4.43. The molecule has 6 nitrogen and oxygen atoms in total. The standard InChI is InChI=1S/C19H18F6N2O4/c20-18(21,22)12-1-10(2-13(3-12)19(23,24)25)8-30-14-6-27(7-14)15(28)11-4-17(5-11)9-31-16(29)26-17/h1-3,11,14H,4-9H2,(H,26,29)/t11-,17+. The van der Waals surface area contributed by atoms with Crippen molar-refractivity contribution in [3.63, 3.8) is 0 Å². The summed E-state index contributed by atoms with van der Waals surface area (Å²) >= 11 is 0. The van der Waals surface area contributed by atoms with Crippen LogP contribution >= 0.6 is 0 Å². The summed E-state index contributed by atoms with van der Waals surface area (Å²) in [7, 11) is 0. The molecule has 1 N–H and O–H groups in total. The fourth-order valence-electron chi connectivity index (χ4n) is 4.07. The molecular weight excluding hydrogens is 434 g/mol. The molecule has 2 amide bonds. The molecule has 1 saturated carbocycles. The second kappa shape index (κ2) is 7.28. The first-order valence-electron chi connectivity index (χ1n) is 9.48. The Hall–Kier alpha value is -2.50. The number of hydrogen-bond donors (Lipinski definition) is 1. The van der Waals surface area contributed by atoms with Crippen molar-refractivity contribution in [1.82, 2.24) is 10.2 Å². The van der Waals surface area contributed by atoms with Crippen LogP contribution < -0.4 is 5.32 Å². The lowest BCUT2D eigenvalue weighted by Gasteiger charge is -2.47. The first kappa shape index (κ1) is 21.7. The number of rotatable bonds is 4. The van der Waals surface area contributed by atoms with Gasteiger partial charge in [-0.15, -0.1) is 0 Å². The number of benzene rings is 1. The van der Waals surface area contributed by atoms with E-state index in [-0.39, 0.29) is 43.2 Å². The molecule has 1 spiro atoms. The van der Waals surface area contributed by atoms with Crippen LogP contribution in [0.1, 0.15) is 29.5 Å². The monoisotopic (exact) mass is 452 g/mol. The first-order valence-corrected chi connectivity index (χ1v) is 9.48. The molecule has 0 atom stereocenters. The summed E-state index contributed by atoms with van der Waals surface area (Å²) < 4.78 is 87.8. The largest absolute Gasteiger partial charge is 0.447 e. The Morgan fingerprint density at radius 1 is 1.10 bits per heavy atom. The van der Waals surface area contributed by atoms with E-state index in [1.807, 2.05) is 0 Å². The van der Waals surface area contributed by atoms with Crippen molar-refractivity contribution >= 4 is 12.0 Å². The van der Waals surface area contributed by atoms with Crippen molar-refractivity contribution in [3.8, 4) is 0 Å². The highest BCUT2D eigenvalue weighted by Crippen LogP contribution is 2.42. The quantitative estimate of drug-likeness (QED) is 0.712. The zero-order chi connectivity index (χ0) is 22.6. The fourth-order valence-corrected chi connectivity index (χ4v) is 4.07. The van der Waals surface area contributed by atoms with Crippen LogP contribution in [-0.4, -0.2) is 48.2 Å². The topological polar surface area (TPSA) is 67.9 Å². The number of carbonyl (C=O) groups is 2. The van der Waals surface area contributed by atoms with Crippen molar-refractivity contribution in [2.24, 2.45) is 5.92 Å². The van der Waals surface area contributed by atoms with E-state index in [9.17, 15) is 35.9 Å². The van der Waals surface area contributed by atoms with Crippen molar-refractivity contribution in [1.29, 1.82) is 0 Å². The van der Waals surface area contributed by atoms with Gasteiger partial charge < -0.3 is 19.7 Å². The molecule has 3 fully saturated rings. The molecule has 1 aromatic rings. The highest BCUT2D eigenvalue weighted by atomic mass is 19.4. The van der Waals surface area contributed by atoms with E-state index >= 15 is 0 Å². The van der Waals surface area contributed by atoms with E-state index in [1.165, 1.54) is 4.90 Å². The average Bonchev–Trinajstić information content (AvgIpc) is 2.99. The molecule has 0 radical (unpaired) electrons. The maximum atomic E-state index is 12.9. The summed E-state index contributed by atoms with van der Waals surface area (Å²) in [6.45, 7) is 0.195. The summed E-state index contributed by atoms with van der Waals surface area (Å²) in [6.07, 6.45) is -9.89. The van der Waals surface area contributed by atoms with Gasteiger partial charge in [-0.1, -0.05) is 0 Å². The van der Waals surface area contributed by atoms with Crippen LogP contribution in [0.3, 0.4) is 0 Å². The van der Waals surface area contributed by atoms with Gasteiger partial charge in [0.05, 0.1) is 29.4 Å². The van der Waals surface area contributed by atoms with Crippen molar-refractivity contribution in [2.45, 2.75) is 43.4 Å². The number of carbonyl (C=O) groups excluding carboxylic acids is 2. The molecule has 1 aliphatic carbocycles. The highest BCUT2D eigenvalue weighted by molar-refractivity contribution is 5.82. The Balaban J connectivity index is 1.29. The molecule has 12 heteroatoms. The normalized spacial score (nSPS) is 26.3. The summed E-state index contributed by atoms with van der Waals surface area (Å²) in [4.78, 5) is 25.1. The van der Waals surface area contributed by atoms with Gasteiger partial charge in [0, 0.05) is 19.0 Å². The van der Waals surface area contributed by atoms with Crippen LogP contribution in [-0.2, 0) is 33.2 Å². The van der Waals surface area contributed by atoms with Gasteiger partial charge >= 0.3 is 18.4 Å². The number of alkyl halides is 6. The Bertz CT molecular complexity index is 856. The zero-order valence-electron chi connectivity index (χ0n) is 16.0. The van der Waals surface area contributed by atoms with Crippen LogP contribution in [0.2, 0.25) is 0 Å². The first-order chi connectivity index (χ1) is 14.3. The Labute approximate surface area is 172 Å². The van der Waals surface area contributed by atoms with Gasteiger partial charge in [0.2, 0.25) is 5.91 Å². The van der Waals surface area contributed by atoms with Gasteiger partial charge in [0.1, 0.15) is 6.61 Å². The number of hydrogen-bond acceptors (Lipinski definition) is 4. The Morgan fingerprint density at radius 3 is 2.16 bits per heavy atom. The minimum atomic E-state index is -4.92. The lowest BCUT2D eigenvalue weighted by Crippen LogP contribution is -2.62. The number of likely N-dealkylation sites (tertiary alicyclic amines) is 1. The summed E-state index contributed by atoms with van der Waals surface area (Å²) in [5.41, 5.74) is -3.52. The number of nitrogens with zero attached hydrogens (tertiary/aromatic N) is 1. The van der Waals surface area contributed by atoms with Gasteiger partial charge in [-0.2, -0.15) is 26.3 Å². The predicted octanol–water partition coefficient (Wildman–Crippen LogP) is 3.34. The molecule has 0 unspecified atom stereocenters. The molecule has 170 valence electrons. The van der Waals surface area contributed by atoms with Crippen LogP contribution in [0.25, 0.3) is 0 Å². The fraction of sp³-hybridized carbons (Fsp3) is 0.579. The molecule has 0 bridgehead atoms. The van der Waals surface area contributed by atoms with Crippen LogP contribution in [0.15, 0.2) is 18.2 Å². The maximum Gasteiger partial charge on any atom is 0.416 e. The van der Waals surface area contributed by atoms with Gasteiger partial charge in [-0.3, -0.25) is 4.79 Å². The average molecular weight is 452 g/mol. The number of nitrogens with one attached hydrogen (secondary N) is 1. The minimum Gasteiger partial charge on any atom is -0.447 e.